The molecular weight excluding hydrogens is 236 g/mol. The van der Waals surface area contributed by atoms with Crippen molar-refractivity contribution in [1.82, 2.24) is 20.2 Å². The van der Waals surface area contributed by atoms with Crippen molar-refractivity contribution < 1.29 is 14.7 Å². The van der Waals surface area contributed by atoms with Gasteiger partial charge in [-0.3, -0.25) is 14.8 Å². The van der Waals surface area contributed by atoms with Crippen LogP contribution in [0.25, 0.3) is 0 Å². The molecule has 96 valence electrons. The SMILES string of the molecule is Cc1cnc(CNC(=O)N2CC(C(=O)O)C2)cn1. The molecule has 0 aliphatic carbocycles. The van der Waals surface area contributed by atoms with Crippen molar-refractivity contribution in [2.45, 2.75) is 13.5 Å². The Morgan fingerprint density at radius 3 is 2.72 bits per heavy atom. The molecule has 0 unspecified atom stereocenters. The van der Waals surface area contributed by atoms with Crippen LogP contribution in [0.1, 0.15) is 11.4 Å². The van der Waals surface area contributed by atoms with Gasteiger partial charge in [0.2, 0.25) is 0 Å². The van der Waals surface area contributed by atoms with Gasteiger partial charge in [0.05, 0.1) is 30.0 Å². The Balaban J connectivity index is 1.76. The van der Waals surface area contributed by atoms with Crippen LogP contribution in [0, 0.1) is 12.8 Å². The number of aryl methyl sites for hydroxylation is 1. The number of rotatable bonds is 3. The second-order valence-electron chi connectivity index (χ2n) is 4.25. The molecule has 0 spiro atoms. The third-order valence-electron chi connectivity index (χ3n) is 2.77. The predicted molar refractivity (Wildman–Crippen MR) is 61.7 cm³/mol. The van der Waals surface area contributed by atoms with Crippen LogP contribution in [0.4, 0.5) is 4.79 Å². The second kappa shape index (κ2) is 4.99. The number of aromatic nitrogens is 2. The predicted octanol–water partition coefficient (Wildman–Crippen LogP) is 0.0110. The lowest BCUT2D eigenvalue weighted by atomic mass is 10.0. The zero-order valence-corrected chi connectivity index (χ0v) is 9.96. The second-order valence-corrected chi connectivity index (χ2v) is 4.25. The summed E-state index contributed by atoms with van der Waals surface area (Å²) in [5.41, 5.74) is 1.49. The van der Waals surface area contributed by atoms with E-state index >= 15 is 0 Å². The number of hydrogen-bond donors (Lipinski definition) is 2. The zero-order chi connectivity index (χ0) is 13.1. The lowest BCUT2D eigenvalue weighted by Crippen LogP contribution is -2.56. The van der Waals surface area contributed by atoms with Crippen LogP contribution in [0.5, 0.6) is 0 Å². The Kier molecular flexibility index (Phi) is 3.40. The van der Waals surface area contributed by atoms with Crippen molar-refractivity contribution >= 4 is 12.0 Å². The first-order valence-corrected chi connectivity index (χ1v) is 5.59. The maximum Gasteiger partial charge on any atom is 0.317 e. The highest BCUT2D eigenvalue weighted by Crippen LogP contribution is 2.15. The molecule has 1 aliphatic heterocycles. The molecule has 1 aliphatic rings. The van der Waals surface area contributed by atoms with Crippen LogP contribution in [0.3, 0.4) is 0 Å². The summed E-state index contributed by atoms with van der Waals surface area (Å²) in [5.74, 6) is -1.29. The zero-order valence-electron chi connectivity index (χ0n) is 9.96. The fraction of sp³-hybridized carbons (Fsp3) is 0.455. The summed E-state index contributed by atoms with van der Waals surface area (Å²) in [4.78, 5) is 31.8. The highest BCUT2D eigenvalue weighted by atomic mass is 16.4. The minimum atomic E-state index is -0.858. The molecule has 2 rings (SSSR count). The number of urea groups is 1. The van der Waals surface area contributed by atoms with Crippen molar-refractivity contribution in [1.29, 1.82) is 0 Å². The fourth-order valence-corrected chi connectivity index (χ4v) is 1.59. The Bertz CT molecular complexity index is 454. The number of carboxylic acid groups (broad SMARTS) is 1. The van der Waals surface area contributed by atoms with Crippen molar-refractivity contribution in [3.8, 4) is 0 Å². The number of carboxylic acids is 1. The van der Waals surface area contributed by atoms with Gasteiger partial charge in [0.25, 0.3) is 0 Å². The van der Waals surface area contributed by atoms with Gasteiger partial charge in [-0.2, -0.15) is 0 Å². The van der Waals surface area contributed by atoms with E-state index in [1.807, 2.05) is 6.92 Å². The van der Waals surface area contributed by atoms with Crippen LogP contribution in [0.2, 0.25) is 0 Å². The monoisotopic (exact) mass is 250 g/mol. The normalized spacial score (nSPS) is 15.1. The van der Waals surface area contributed by atoms with Crippen molar-refractivity contribution in [2.75, 3.05) is 13.1 Å². The van der Waals surface area contributed by atoms with E-state index in [0.29, 0.717) is 12.2 Å². The molecular formula is C11H14N4O3. The summed E-state index contributed by atoms with van der Waals surface area (Å²) >= 11 is 0. The lowest BCUT2D eigenvalue weighted by Gasteiger charge is -2.36. The maximum absolute atomic E-state index is 11.6. The summed E-state index contributed by atoms with van der Waals surface area (Å²) in [6.45, 7) is 2.66. The molecule has 0 atom stereocenters. The van der Waals surface area contributed by atoms with E-state index in [1.54, 1.807) is 12.4 Å². The molecule has 2 N–H and O–H groups in total. The molecule has 1 aromatic heterocycles. The van der Waals surface area contributed by atoms with Gasteiger partial charge in [0.1, 0.15) is 0 Å². The molecule has 18 heavy (non-hydrogen) atoms. The largest absolute Gasteiger partial charge is 0.481 e. The Morgan fingerprint density at radius 1 is 1.44 bits per heavy atom. The van der Waals surface area contributed by atoms with E-state index in [0.717, 1.165) is 5.69 Å². The lowest BCUT2D eigenvalue weighted by molar-refractivity contribution is -0.146. The molecule has 1 fully saturated rings. The number of carbonyl (C=O) groups is 2. The Hall–Kier alpha value is -2.18. The van der Waals surface area contributed by atoms with Crippen molar-refractivity contribution in [3.05, 3.63) is 23.8 Å². The molecule has 2 heterocycles. The summed E-state index contributed by atoms with van der Waals surface area (Å²) < 4.78 is 0. The molecule has 7 nitrogen and oxygen atoms in total. The highest BCUT2D eigenvalue weighted by molar-refractivity contribution is 5.79. The maximum atomic E-state index is 11.6. The minimum Gasteiger partial charge on any atom is -0.481 e. The Morgan fingerprint density at radius 2 is 2.17 bits per heavy atom. The smallest absolute Gasteiger partial charge is 0.317 e. The van der Waals surface area contributed by atoms with Crippen LogP contribution in [-0.2, 0) is 11.3 Å². The van der Waals surface area contributed by atoms with Crippen LogP contribution in [-0.4, -0.2) is 45.1 Å². The standard InChI is InChI=1S/C11H14N4O3/c1-7-2-13-9(3-12-7)4-14-11(18)15-5-8(6-15)10(16)17/h2-3,8H,4-6H2,1H3,(H,14,18)(H,16,17). The van der Waals surface area contributed by atoms with Gasteiger partial charge in [-0.1, -0.05) is 0 Å². The molecule has 1 aromatic rings. The van der Waals surface area contributed by atoms with Gasteiger partial charge in [-0.15, -0.1) is 0 Å². The average molecular weight is 250 g/mol. The van der Waals surface area contributed by atoms with E-state index in [9.17, 15) is 9.59 Å². The van der Waals surface area contributed by atoms with E-state index in [4.69, 9.17) is 5.11 Å². The molecule has 0 radical (unpaired) electrons. The summed E-state index contributed by atoms with van der Waals surface area (Å²) in [5, 5.41) is 11.4. The Labute approximate surface area is 104 Å². The van der Waals surface area contributed by atoms with E-state index < -0.39 is 11.9 Å². The van der Waals surface area contributed by atoms with E-state index in [2.05, 4.69) is 15.3 Å². The van der Waals surface area contributed by atoms with E-state index in [-0.39, 0.29) is 19.1 Å². The summed E-state index contributed by atoms with van der Waals surface area (Å²) in [6, 6.07) is -0.269. The number of hydrogen-bond acceptors (Lipinski definition) is 4. The first-order chi connectivity index (χ1) is 8.56. The number of amides is 2. The average Bonchev–Trinajstić information content (AvgIpc) is 2.25. The molecule has 0 saturated carbocycles. The number of nitrogens with one attached hydrogen (secondary N) is 1. The number of nitrogens with zero attached hydrogens (tertiary/aromatic N) is 3. The molecule has 1 saturated heterocycles. The first kappa shape index (κ1) is 12.3. The molecule has 0 aromatic carbocycles. The van der Waals surface area contributed by atoms with Crippen LogP contribution >= 0.6 is 0 Å². The van der Waals surface area contributed by atoms with Crippen LogP contribution in [0.15, 0.2) is 12.4 Å². The number of likely N-dealkylation sites (tertiary alicyclic amines) is 1. The highest BCUT2D eigenvalue weighted by Gasteiger charge is 2.35. The van der Waals surface area contributed by atoms with Gasteiger partial charge in [0, 0.05) is 19.3 Å². The third kappa shape index (κ3) is 2.73. The first-order valence-electron chi connectivity index (χ1n) is 5.59. The third-order valence-corrected chi connectivity index (χ3v) is 2.77. The molecule has 2 amide bonds. The number of carbonyl (C=O) groups excluding carboxylic acids is 1. The van der Waals surface area contributed by atoms with Gasteiger partial charge < -0.3 is 15.3 Å². The summed E-state index contributed by atoms with van der Waals surface area (Å²) in [7, 11) is 0. The quantitative estimate of drug-likeness (QED) is 0.788. The fourth-order valence-electron chi connectivity index (χ4n) is 1.59. The van der Waals surface area contributed by atoms with Gasteiger partial charge in [0.15, 0.2) is 0 Å². The molecule has 7 heteroatoms. The minimum absolute atomic E-state index is 0.265. The van der Waals surface area contributed by atoms with E-state index in [1.165, 1.54) is 4.90 Å². The summed E-state index contributed by atoms with van der Waals surface area (Å²) in [6.07, 6.45) is 3.23. The van der Waals surface area contributed by atoms with Crippen molar-refractivity contribution in [2.24, 2.45) is 5.92 Å². The van der Waals surface area contributed by atoms with Gasteiger partial charge in [-0.25, -0.2) is 4.79 Å². The van der Waals surface area contributed by atoms with Crippen molar-refractivity contribution in [3.63, 3.8) is 0 Å². The number of aliphatic carboxylic acids is 1. The topological polar surface area (TPSA) is 95.4 Å². The van der Waals surface area contributed by atoms with Gasteiger partial charge in [-0.05, 0) is 6.92 Å². The van der Waals surface area contributed by atoms with Gasteiger partial charge >= 0.3 is 12.0 Å². The molecule has 0 bridgehead atoms. The van der Waals surface area contributed by atoms with Crippen LogP contribution < -0.4 is 5.32 Å².